The molecule has 3 saturated heterocycles. The Morgan fingerprint density at radius 2 is 1.77 bits per heavy atom. The quantitative estimate of drug-likeness (QED) is 0.792. The van der Waals surface area contributed by atoms with Gasteiger partial charge in [0, 0.05) is 50.7 Å². The number of benzene rings is 2. The summed E-state index contributed by atoms with van der Waals surface area (Å²) in [7, 11) is 0. The number of halogens is 1. The zero-order chi connectivity index (χ0) is 21.3. The molecule has 1 N–H and O–H groups in total. The normalized spacial score (nSPS) is 26.9. The summed E-state index contributed by atoms with van der Waals surface area (Å²) in [6, 6.07) is 15.7. The molecule has 3 aliphatic rings. The SMILES string of the molecule is O=C1CCC[C@]2(CN(Cc3ccccc3N3CCCCC3)C[C@H]2c2ccc(F)cc2)N1. The maximum absolute atomic E-state index is 13.6. The fourth-order valence-electron chi connectivity index (χ4n) is 5.92. The molecule has 1 amide bonds. The Hall–Kier alpha value is -2.40. The van der Waals surface area contributed by atoms with Gasteiger partial charge in [0.15, 0.2) is 0 Å². The lowest BCUT2D eigenvalue weighted by atomic mass is 9.76. The number of para-hydroxylation sites is 1. The van der Waals surface area contributed by atoms with E-state index < -0.39 is 0 Å². The Balaban J connectivity index is 1.41. The van der Waals surface area contributed by atoms with Crippen LogP contribution in [0.2, 0.25) is 0 Å². The van der Waals surface area contributed by atoms with E-state index in [9.17, 15) is 9.18 Å². The van der Waals surface area contributed by atoms with Gasteiger partial charge in [-0.05, 0) is 61.4 Å². The molecule has 2 aromatic carbocycles. The Bertz CT molecular complexity index is 925. The van der Waals surface area contributed by atoms with Crippen molar-refractivity contribution < 1.29 is 9.18 Å². The molecule has 3 aliphatic heterocycles. The zero-order valence-corrected chi connectivity index (χ0v) is 18.2. The van der Waals surface area contributed by atoms with Crippen LogP contribution in [0.1, 0.15) is 55.6 Å². The van der Waals surface area contributed by atoms with E-state index in [1.807, 2.05) is 12.1 Å². The van der Waals surface area contributed by atoms with Crippen molar-refractivity contribution in [1.82, 2.24) is 10.2 Å². The van der Waals surface area contributed by atoms with Crippen LogP contribution in [0.4, 0.5) is 10.1 Å². The fraction of sp³-hybridized carbons (Fsp3) is 0.500. The molecule has 31 heavy (non-hydrogen) atoms. The van der Waals surface area contributed by atoms with Gasteiger partial charge in [0.05, 0.1) is 5.54 Å². The lowest BCUT2D eigenvalue weighted by Crippen LogP contribution is -2.56. The molecule has 2 atom stereocenters. The number of hydrogen-bond acceptors (Lipinski definition) is 3. The van der Waals surface area contributed by atoms with Gasteiger partial charge in [-0.2, -0.15) is 0 Å². The largest absolute Gasteiger partial charge is 0.371 e. The van der Waals surface area contributed by atoms with Crippen molar-refractivity contribution in [1.29, 1.82) is 0 Å². The molecule has 0 radical (unpaired) electrons. The van der Waals surface area contributed by atoms with Crippen LogP contribution >= 0.6 is 0 Å². The van der Waals surface area contributed by atoms with E-state index in [1.165, 1.54) is 30.5 Å². The van der Waals surface area contributed by atoms with Crippen molar-refractivity contribution >= 4 is 11.6 Å². The van der Waals surface area contributed by atoms with Crippen LogP contribution in [0.25, 0.3) is 0 Å². The molecule has 1 spiro atoms. The number of carbonyl (C=O) groups is 1. The number of amides is 1. The summed E-state index contributed by atoms with van der Waals surface area (Å²) >= 11 is 0. The first kappa shape index (κ1) is 20.5. The minimum atomic E-state index is -0.257. The highest BCUT2D eigenvalue weighted by Gasteiger charge is 2.49. The second-order valence-electron chi connectivity index (χ2n) is 9.51. The highest BCUT2D eigenvalue weighted by Crippen LogP contribution is 2.42. The summed E-state index contributed by atoms with van der Waals surface area (Å²) in [5, 5.41) is 3.36. The summed E-state index contributed by atoms with van der Waals surface area (Å²) < 4.78 is 13.6. The van der Waals surface area contributed by atoms with E-state index in [-0.39, 0.29) is 23.2 Å². The van der Waals surface area contributed by atoms with Crippen LogP contribution in [-0.2, 0) is 11.3 Å². The van der Waals surface area contributed by atoms with Crippen molar-refractivity contribution in [2.24, 2.45) is 0 Å². The molecule has 0 aromatic heterocycles. The first-order valence-electron chi connectivity index (χ1n) is 11.7. The van der Waals surface area contributed by atoms with Crippen LogP contribution in [0.5, 0.6) is 0 Å². The van der Waals surface area contributed by atoms with Crippen molar-refractivity contribution in [3.63, 3.8) is 0 Å². The van der Waals surface area contributed by atoms with Crippen LogP contribution in [0, 0.1) is 5.82 Å². The van der Waals surface area contributed by atoms with Crippen LogP contribution in [0.15, 0.2) is 48.5 Å². The van der Waals surface area contributed by atoms with Crippen LogP contribution in [0.3, 0.4) is 0 Å². The van der Waals surface area contributed by atoms with E-state index in [2.05, 4.69) is 39.4 Å². The van der Waals surface area contributed by atoms with Gasteiger partial charge in [-0.15, -0.1) is 0 Å². The highest BCUT2D eigenvalue weighted by molar-refractivity contribution is 5.78. The standard InChI is InChI=1S/C26H32FN3O/c27-22-12-10-20(11-13-22)23-18-29(19-26(23)14-6-9-25(31)28-26)17-21-7-2-3-8-24(21)30-15-4-1-5-16-30/h2-3,7-8,10-13,23H,1,4-6,9,14-19H2,(H,28,31)/t23-,26+/m0/s1. The molecule has 2 aromatic rings. The van der Waals surface area contributed by atoms with Gasteiger partial charge in [0.2, 0.25) is 5.91 Å². The third kappa shape index (κ3) is 4.20. The predicted octanol–water partition coefficient (Wildman–Crippen LogP) is 4.45. The summed E-state index contributed by atoms with van der Waals surface area (Å²) in [4.78, 5) is 17.4. The van der Waals surface area contributed by atoms with Crippen molar-refractivity contribution in [2.45, 2.75) is 56.5 Å². The summed E-state index contributed by atoms with van der Waals surface area (Å²) in [6.45, 7) is 4.86. The summed E-state index contributed by atoms with van der Waals surface area (Å²) in [5.74, 6) is 0.115. The number of anilines is 1. The van der Waals surface area contributed by atoms with Gasteiger partial charge in [0.25, 0.3) is 0 Å². The predicted molar refractivity (Wildman–Crippen MR) is 122 cm³/mol. The Labute approximate surface area is 184 Å². The van der Waals surface area contributed by atoms with Gasteiger partial charge in [-0.3, -0.25) is 9.69 Å². The van der Waals surface area contributed by atoms with E-state index >= 15 is 0 Å². The topological polar surface area (TPSA) is 35.6 Å². The molecular weight excluding hydrogens is 389 g/mol. The van der Waals surface area contributed by atoms with Gasteiger partial charge in [-0.1, -0.05) is 30.3 Å². The molecule has 0 bridgehead atoms. The van der Waals surface area contributed by atoms with E-state index in [0.29, 0.717) is 6.42 Å². The molecule has 0 unspecified atom stereocenters. The molecule has 4 nitrogen and oxygen atoms in total. The fourth-order valence-corrected chi connectivity index (χ4v) is 5.92. The smallest absolute Gasteiger partial charge is 0.220 e. The minimum Gasteiger partial charge on any atom is -0.371 e. The van der Waals surface area contributed by atoms with Gasteiger partial charge in [-0.25, -0.2) is 4.39 Å². The molecule has 5 heteroatoms. The van der Waals surface area contributed by atoms with Crippen LogP contribution in [-0.4, -0.2) is 42.5 Å². The summed E-state index contributed by atoms with van der Waals surface area (Å²) in [5.41, 5.74) is 3.58. The average molecular weight is 422 g/mol. The molecule has 164 valence electrons. The lowest BCUT2D eigenvalue weighted by molar-refractivity contribution is -0.125. The number of rotatable bonds is 4. The lowest BCUT2D eigenvalue weighted by Gasteiger charge is -2.39. The highest BCUT2D eigenvalue weighted by atomic mass is 19.1. The number of nitrogens with one attached hydrogen (secondary N) is 1. The molecule has 5 rings (SSSR count). The van der Waals surface area contributed by atoms with E-state index in [0.717, 1.165) is 51.1 Å². The number of carbonyl (C=O) groups excluding carboxylic acids is 1. The molecular formula is C26H32FN3O. The zero-order valence-electron chi connectivity index (χ0n) is 18.2. The van der Waals surface area contributed by atoms with Crippen molar-refractivity contribution in [2.75, 3.05) is 31.1 Å². The first-order valence-corrected chi connectivity index (χ1v) is 11.7. The van der Waals surface area contributed by atoms with Gasteiger partial charge in [0.1, 0.15) is 5.82 Å². The molecule has 0 saturated carbocycles. The maximum Gasteiger partial charge on any atom is 0.220 e. The Morgan fingerprint density at radius 3 is 2.55 bits per heavy atom. The second kappa shape index (κ2) is 8.62. The molecule has 3 heterocycles. The van der Waals surface area contributed by atoms with E-state index in [1.54, 1.807) is 12.1 Å². The van der Waals surface area contributed by atoms with Gasteiger partial charge < -0.3 is 10.2 Å². The maximum atomic E-state index is 13.6. The van der Waals surface area contributed by atoms with Gasteiger partial charge >= 0.3 is 0 Å². The van der Waals surface area contributed by atoms with Crippen LogP contribution < -0.4 is 10.2 Å². The third-order valence-corrected chi connectivity index (χ3v) is 7.38. The third-order valence-electron chi connectivity index (χ3n) is 7.38. The monoisotopic (exact) mass is 421 g/mol. The summed E-state index contributed by atoms with van der Waals surface area (Å²) in [6.07, 6.45) is 6.36. The molecule has 3 fully saturated rings. The number of likely N-dealkylation sites (tertiary alicyclic amines) is 1. The number of piperidine rings is 2. The average Bonchev–Trinajstić information content (AvgIpc) is 3.12. The first-order chi connectivity index (χ1) is 15.1. The number of hydrogen-bond donors (Lipinski definition) is 1. The van der Waals surface area contributed by atoms with E-state index in [4.69, 9.17) is 0 Å². The second-order valence-corrected chi connectivity index (χ2v) is 9.51. The Kier molecular flexibility index (Phi) is 5.70. The number of nitrogens with zero attached hydrogens (tertiary/aromatic N) is 2. The van der Waals surface area contributed by atoms with Crippen molar-refractivity contribution in [3.05, 3.63) is 65.5 Å². The Morgan fingerprint density at radius 1 is 1.00 bits per heavy atom. The minimum absolute atomic E-state index is 0.147. The van der Waals surface area contributed by atoms with Crippen molar-refractivity contribution in [3.8, 4) is 0 Å². The molecule has 0 aliphatic carbocycles.